The average molecular weight is 154 g/mol. The van der Waals surface area contributed by atoms with E-state index >= 15 is 0 Å². The average Bonchev–Trinajstić information content (AvgIpc) is 2.34. The molecule has 0 bridgehead atoms. The third kappa shape index (κ3) is 1.61. The summed E-state index contributed by atoms with van der Waals surface area (Å²) in [6.45, 7) is 3.46. The SMILES string of the molecule is Cc1coc(C(C)C(=O)O)c1. The monoisotopic (exact) mass is 154 g/mol. The van der Waals surface area contributed by atoms with Gasteiger partial charge in [0.2, 0.25) is 0 Å². The molecule has 3 nitrogen and oxygen atoms in total. The molecular weight excluding hydrogens is 144 g/mol. The zero-order valence-electron chi connectivity index (χ0n) is 6.50. The second-order valence-electron chi connectivity index (χ2n) is 2.59. The van der Waals surface area contributed by atoms with Crippen LogP contribution < -0.4 is 0 Å². The van der Waals surface area contributed by atoms with Crippen molar-refractivity contribution in [1.29, 1.82) is 0 Å². The molecule has 3 heteroatoms. The van der Waals surface area contributed by atoms with Crippen LogP contribution in [0.3, 0.4) is 0 Å². The quantitative estimate of drug-likeness (QED) is 0.706. The molecule has 60 valence electrons. The van der Waals surface area contributed by atoms with Crippen molar-refractivity contribution in [3.63, 3.8) is 0 Å². The Morgan fingerprint density at radius 3 is 2.73 bits per heavy atom. The zero-order chi connectivity index (χ0) is 8.43. The molecule has 0 aliphatic rings. The number of aliphatic carboxylic acids is 1. The topological polar surface area (TPSA) is 50.4 Å². The molecule has 1 aromatic rings. The van der Waals surface area contributed by atoms with Gasteiger partial charge in [-0.15, -0.1) is 0 Å². The molecule has 11 heavy (non-hydrogen) atoms. The lowest BCUT2D eigenvalue weighted by Crippen LogP contribution is -2.05. The molecule has 0 saturated heterocycles. The molecule has 0 amide bonds. The summed E-state index contributed by atoms with van der Waals surface area (Å²) in [4.78, 5) is 10.4. The van der Waals surface area contributed by atoms with Gasteiger partial charge in [0.05, 0.1) is 6.26 Å². The molecule has 0 fully saturated rings. The van der Waals surface area contributed by atoms with Crippen LogP contribution in [0.25, 0.3) is 0 Å². The molecule has 1 unspecified atom stereocenters. The number of hydrogen-bond acceptors (Lipinski definition) is 2. The van der Waals surface area contributed by atoms with E-state index in [2.05, 4.69) is 0 Å². The summed E-state index contributed by atoms with van der Waals surface area (Å²) < 4.78 is 5.01. The summed E-state index contributed by atoms with van der Waals surface area (Å²) in [5.74, 6) is -0.905. The van der Waals surface area contributed by atoms with E-state index in [9.17, 15) is 4.79 Å². The molecule has 1 N–H and O–H groups in total. The number of carboxylic acids is 1. The fourth-order valence-corrected chi connectivity index (χ4v) is 0.802. The van der Waals surface area contributed by atoms with Crippen LogP contribution >= 0.6 is 0 Å². The smallest absolute Gasteiger partial charge is 0.313 e. The Balaban J connectivity index is 2.84. The summed E-state index contributed by atoms with van der Waals surface area (Å²) in [5, 5.41) is 8.58. The highest BCUT2D eigenvalue weighted by atomic mass is 16.4. The van der Waals surface area contributed by atoms with Gasteiger partial charge < -0.3 is 9.52 Å². The summed E-state index contributed by atoms with van der Waals surface area (Å²) in [7, 11) is 0. The Morgan fingerprint density at radius 2 is 2.36 bits per heavy atom. The van der Waals surface area contributed by atoms with Crippen LogP contribution in [0.15, 0.2) is 16.7 Å². The summed E-state index contributed by atoms with van der Waals surface area (Å²) in [6.07, 6.45) is 1.55. The van der Waals surface area contributed by atoms with Gasteiger partial charge in [-0.2, -0.15) is 0 Å². The van der Waals surface area contributed by atoms with Crippen LogP contribution in [0, 0.1) is 6.92 Å². The lowest BCUT2D eigenvalue weighted by Gasteiger charge is -1.99. The minimum Gasteiger partial charge on any atom is -0.481 e. The van der Waals surface area contributed by atoms with E-state index in [1.807, 2.05) is 6.92 Å². The Hall–Kier alpha value is -1.25. The molecule has 0 aliphatic heterocycles. The van der Waals surface area contributed by atoms with Crippen molar-refractivity contribution in [3.05, 3.63) is 23.7 Å². The molecule has 1 aromatic heterocycles. The molecular formula is C8H10O3. The normalized spacial score (nSPS) is 12.9. The van der Waals surface area contributed by atoms with Crippen LogP contribution in [-0.4, -0.2) is 11.1 Å². The molecule has 1 atom stereocenters. The van der Waals surface area contributed by atoms with Crippen molar-refractivity contribution in [2.75, 3.05) is 0 Å². The Bertz CT molecular complexity index is 262. The van der Waals surface area contributed by atoms with Gasteiger partial charge in [0.1, 0.15) is 11.7 Å². The number of carbonyl (C=O) groups is 1. The Kier molecular flexibility index (Phi) is 1.98. The maximum Gasteiger partial charge on any atom is 0.313 e. The third-order valence-corrected chi connectivity index (χ3v) is 1.55. The van der Waals surface area contributed by atoms with Crippen LogP contribution in [0.2, 0.25) is 0 Å². The summed E-state index contributed by atoms with van der Waals surface area (Å²) in [6, 6.07) is 1.73. The second-order valence-corrected chi connectivity index (χ2v) is 2.59. The van der Waals surface area contributed by atoms with Gasteiger partial charge in [-0.25, -0.2) is 0 Å². The van der Waals surface area contributed by atoms with Gasteiger partial charge >= 0.3 is 5.97 Å². The number of rotatable bonds is 2. The van der Waals surface area contributed by atoms with Crippen LogP contribution in [0.4, 0.5) is 0 Å². The minimum atomic E-state index is -0.862. The molecule has 0 radical (unpaired) electrons. The first-order chi connectivity index (χ1) is 5.11. The third-order valence-electron chi connectivity index (χ3n) is 1.55. The summed E-state index contributed by atoms with van der Waals surface area (Å²) >= 11 is 0. The van der Waals surface area contributed by atoms with Gasteiger partial charge in [-0.05, 0) is 25.5 Å². The van der Waals surface area contributed by atoms with Crippen molar-refractivity contribution in [2.24, 2.45) is 0 Å². The van der Waals surface area contributed by atoms with E-state index in [0.717, 1.165) is 5.56 Å². The van der Waals surface area contributed by atoms with Crippen molar-refractivity contribution >= 4 is 5.97 Å². The highest BCUT2D eigenvalue weighted by Gasteiger charge is 2.16. The molecule has 0 aromatic carbocycles. The highest BCUT2D eigenvalue weighted by molar-refractivity contribution is 5.74. The van der Waals surface area contributed by atoms with Crippen molar-refractivity contribution in [3.8, 4) is 0 Å². The molecule has 0 saturated carbocycles. The van der Waals surface area contributed by atoms with Crippen LogP contribution in [0.1, 0.15) is 24.2 Å². The number of furan rings is 1. The van der Waals surface area contributed by atoms with Gasteiger partial charge in [0.25, 0.3) is 0 Å². The molecule has 0 aliphatic carbocycles. The van der Waals surface area contributed by atoms with E-state index in [1.165, 1.54) is 0 Å². The first-order valence-corrected chi connectivity index (χ1v) is 3.39. The zero-order valence-corrected chi connectivity index (χ0v) is 6.50. The van der Waals surface area contributed by atoms with E-state index in [4.69, 9.17) is 9.52 Å². The highest BCUT2D eigenvalue weighted by Crippen LogP contribution is 2.17. The van der Waals surface area contributed by atoms with Crippen molar-refractivity contribution in [2.45, 2.75) is 19.8 Å². The largest absolute Gasteiger partial charge is 0.481 e. The van der Waals surface area contributed by atoms with E-state index < -0.39 is 11.9 Å². The minimum absolute atomic E-state index is 0.509. The molecule has 0 spiro atoms. The maximum absolute atomic E-state index is 10.4. The summed E-state index contributed by atoms with van der Waals surface area (Å²) in [5.41, 5.74) is 0.952. The first-order valence-electron chi connectivity index (χ1n) is 3.39. The van der Waals surface area contributed by atoms with Gasteiger partial charge in [-0.1, -0.05) is 0 Å². The predicted octanol–water partition coefficient (Wildman–Crippen LogP) is 1.78. The number of carboxylic acid groups (broad SMARTS) is 1. The van der Waals surface area contributed by atoms with Crippen molar-refractivity contribution < 1.29 is 14.3 Å². The predicted molar refractivity (Wildman–Crippen MR) is 39.5 cm³/mol. The van der Waals surface area contributed by atoms with E-state index in [0.29, 0.717) is 5.76 Å². The van der Waals surface area contributed by atoms with Crippen LogP contribution in [0.5, 0.6) is 0 Å². The Morgan fingerprint density at radius 1 is 1.73 bits per heavy atom. The van der Waals surface area contributed by atoms with Gasteiger partial charge in [0.15, 0.2) is 0 Å². The van der Waals surface area contributed by atoms with Crippen LogP contribution in [-0.2, 0) is 4.79 Å². The fraction of sp³-hybridized carbons (Fsp3) is 0.375. The van der Waals surface area contributed by atoms with Gasteiger partial charge in [0, 0.05) is 0 Å². The van der Waals surface area contributed by atoms with E-state index in [-0.39, 0.29) is 0 Å². The van der Waals surface area contributed by atoms with E-state index in [1.54, 1.807) is 19.3 Å². The molecule has 1 rings (SSSR count). The number of aryl methyl sites for hydroxylation is 1. The van der Waals surface area contributed by atoms with Crippen molar-refractivity contribution in [1.82, 2.24) is 0 Å². The molecule has 1 heterocycles. The first kappa shape index (κ1) is 7.85. The lowest BCUT2D eigenvalue weighted by molar-refractivity contribution is -0.138. The fourth-order valence-electron chi connectivity index (χ4n) is 0.802. The number of hydrogen-bond donors (Lipinski definition) is 1. The maximum atomic E-state index is 10.4. The van der Waals surface area contributed by atoms with Gasteiger partial charge in [-0.3, -0.25) is 4.79 Å². The lowest BCUT2D eigenvalue weighted by atomic mass is 10.1. The standard InChI is InChI=1S/C8H10O3/c1-5-3-7(11-4-5)6(2)8(9)10/h3-4,6H,1-2H3,(H,9,10). The Labute approximate surface area is 64.6 Å². The second kappa shape index (κ2) is 2.78.